The van der Waals surface area contributed by atoms with Crippen molar-refractivity contribution in [1.82, 2.24) is 14.9 Å². The Morgan fingerprint density at radius 1 is 1.27 bits per heavy atom. The van der Waals surface area contributed by atoms with Crippen molar-refractivity contribution in [3.8, 4) is 0 Å². The van der Waals surface area contributed by atoms with Crippen LogP contribution >= 0.6 is 12.4 Å². The van der Waals surface area contributed by atoms with Crippen LogP contribution < -0.4 is 10.6 Å². The molecule has 0 aromatic heterocycles. The largest absolute Gasteiger partial charge is 0.355 e. The number of carbonyl (C=O) groups is 1. The second-order valence-electron chi connectivity index (χ2n) is 5.18. The van der Waals surface area contributed by atoms with Crippen molar-refractivity contribution < 1.29 is 13.2 Å². The van der Waals surface area contributed by atoms with E-state index in [1.165, 1.54) is 28.6 Å². The Hall–Kier alpha value is -1.15. The Balaban J connectivity index is 0.00000242. The molecule has 1 atom stereocenters. The topological polar surface area (TPSA) is 78.5 Å². The van der Waals surface area contributed by atoms with Gasteiger partial charge in [-0.1, -0.05) is 0 Å². The number of halogens is 1. The summed E-state index contributed by atoms with van der Waals surface area (Å²) in [6, 6.07) is 6.05. The molecule has 1 heterocycles. The summed E-state index contributed by atoms with van der Waals surface area (Å²) in [4.78, 5) is 11.7. The Morgan fingerprint density at radius 3 is 2.45 bits per heavy atom. The van der Waals surface area contributed by atoms with Crippen molar-refractivity contribution in [3.63, 3.8) is 0 Å². The standard InChI is InChI=1S/C14H21N3O3S.ClH/c1-15-9-11-7-8-17(10-11)21(19,20)13-5-3-12(4-6-13)14(18)16-2;/h3-6,11,15H,7-10H2,1-2H3,(H,16,18);1H. The second-order valence-corrected chi connectivity index (χ2v) is 7.12. The highest BCUT2D eigenvalue weighted by Gasteiger charge is 2.32. The van der Waals surface area contributed by atoms with Crippen molar-refractivity contribution in [2.45, 2.75) is 11.3 Å². The lowest BCUT2D eigenvalue weighted by molar-refractivity contribution is 0.0963. The number of sulfonamides is 1. The minimum absolute atomic E-state index is 0. The van der Waals surface area contributed by atoms with E-state index in [9.17, 15) is 13.2 Å². The van der Waals surface area contributed by atoms with E-state index in [0.717, 1.165) is 13.0 Å². The highest BCUT2D eigenvalue weighted by Crippen LogP contribution is 2.24. The van der Waals surface area contributed by atoms with Gasteiger partial charge < -0.3 is 10.6 Å². The molecule has 1 aromatic rings. The molecule has 0 bridgehead atoms. The molecule has 6 nitrogen and oxygen atoms in total. The van der Waals surface area contributed by atoms with Crippen LogP contribution in [0.3, 0.4) is 0 Å². The van der Waals surface area contributed by atoms with Gasteiger partial charge in [0.25, 0.3) is 5.91 Å². The average Bonchev–Trinajstić information content (AvgIpc) is 2.96. The van der Waals surface area contributed by atoms with Gasteiger partial charge in [0.05, 0.1) is 4.90 Å². The van der Waals surface area contributed by atoms with Gasteiger partial charge in [0, 0.05) is 25.7 Å². The average molecular weight is 348 g/mol. The van der Waals surface area contributed by atoms with Crippen LogP contribution in [0.25, 0.3) is 0 Å². The third-order valence-corrected chi connectivity index (χ3v) is 5.60. The van der Waals surface area contributed by atoms with Crippen LogP contribution in [0.4, 0.5) is 0 Å². The summed E-state index contributed by atoms with van der Waals surface area (Å²) in [5.74, 6) is 0.129. The van der Waals surface area contributed by atoms with Gasteiger partial charge in [-0.2, -0.15) is 4.31 Å². The number of hydrogen-bond donors (Lipinski definition) is 2. The quantitative estimate of drug-likeness (QED) is 0.821. The lowest BCUT2D eigenvalue weighted by Crippen LogP contribution is -2.30. The number of amides is 1. The molecule has 1 aromatic carbocycles. The first-order chi connectivity index (χ1) is 9.98. The molecule has 8 heteroatoms. The molecule has 0 saturated carbocycles. The third-order valence-electron chi connectivity index (χ3n) is 3.72. The molecule has 2 N–H and O–H groups in total. The predicted molar refractivity (Wildman–Crippen MR) is 87.9 cm³/mol. The summed E-state index contributed by atoms with van der Waals surface area (Å²) >= 11 is 0. The van der Waals surface area contributed by atoms with Crippen molar-refractivity contribution in [2.75, 3.05) is 33.7 Å². The minimum atomic E-state index is -3.47. The third kappa shape index (κ3) is 3.98. The van der Waals surface area contributed by atoms with Crippen molar-refractivity contribution in [1.29, 1.82) is 0 Å². The van der Waals surface area contributed by atoms with Gasteiger partial charge in [-0.15, -0.1) is 12.4 Å². The Morgan fingerprint density at radius 2 is 1.91 bits per heavy atom. The first kappa shape index (κ1) is 18.9. The van der Waals surface area contributed by atoms with Crippen LogP contribution in [-0.4, -0.2) is 52.4 Å². The van der Waals surface area contributed by atoms with E-state index in [4.69, 9.17) is 0 Å². The van der Waals surface area contributed by atoms with Crippen molar-refractivity contribution in [2.24, 2.45) is 5.92 Å². The molecule has 1 amide bonds. The van der Waals surface area contributed by atoms with Gasteiger partial charge >= 0.3 is 0 Å². The molecule has 1 unspecified atom stereocenters. The van der Waals surface area contributed by atoms with E-state index >= 15 is 0 Å². The second kappa shape index (κ2) is 7.92. The number of carbonyl (C=O) groups excluding carboxylic acids is 1. The first-order valence-electron chi connectivity index (χ1n) is 6.96. The van der Waals surface area contributed by atoms with Crippen molar-refractivity contribution in [3.05, 3.63) is 29.8 Å². The normalized spacial score (nSPS) is 18.7. The molecule has 124 valence electrons. The van der Waals surface area contributed by atoms with Gasteiger partial charge in [-0.05, 0) is 50.2 Å². The number of nitrogens with one attached hydrogen (secondary N) is 2. The van der Waals surface area contributed by atoms with Crippen LogP contribution in [0.1, 0.15) is 16.8 Å². The summed E-state index contributed by atoms with van der Waals surface area (Å²) in [6.45, 7) is 1.91. The highest BCUT2D eigenvalue weighted by molar-refractivity contribution is 7.89. The molecule has 0 aliphatic carbocycles. The summed E-state index contributed by atoms with van der Waals surface area (Å²) in [5, 5.41) is 5.59. The predicted octanol–water partition coefficient (Wildman–Crippen LogP) is 0.698. The van der Waals surface area contributed by atoms with Crippen molar-refractivity contribution >= 4 is 28.3 Å². The van der Waals surface area contributed by atoms with Crippen LogP contribution in [-0.2, 0) is 10.0 Å². The van der Waals surface area contributed by atoms with Gasteiger partial charge in [0.1, 0.15) is 0 Å². The maximum atomic E-state index is 12.5. The molecule has 1 aliphatic rings. The number of nitrogens with zero attached hydrogens (tertiary/aromatic N) is 1. The SMILES string of the molecule is CNCC1CCN(S(=O)(=O)c2ccc(C(=O)NC)cc2)C1.Cl. The minimum Gasteiger partial charge on any atom is -0.355 e. The van der Waals surface area contributed by atoms with E-state index in [2.05, 4.69) is 10.6 Å². The first-order valence-corrected chi connectivity index (χ1v) is 8.40. The maximum Gasteiger partial charge on any atom is 0.251 e. The summed E-state index contributed by atoms with van der Waals surface area (Å²) < 4.78 is 26.6. The molecule has 0 spiro atoms. The van der Waals surface area contributed by atoms with E-state index in [1.807, 2.05) is 7.05 Å². The van der Waals surface area contributed by atoms with Crippen LogP contribution in [0, 0.1) is 5.92 Å². The number of benzene rings is 1. The smallest absolute Gasteiger partial charge is 0.251 e. The van der Waals surface area contributed by atoms with Crippen LogP contribution in [0.2, 0.25) is 0 Å². The van der Waals surface area contributed by atoms with Gasteiger partial charge in [0.2, 0.25) is 10.0 Å². The lowest BCUT2D eigenvalue weighted by atomic mass is 10.1. The fourth-order valence-electron chi connectivity index (χ4n) is 2.54. The van der Waals surface area contributed by atoms with Crippen LogP contribution in [0.15, 0.2) is 29.2 Å². The Labute approximate surface area is 137 Å². The number of rotatable bonds is 5. The molecule has 2 rings (SSSR count). The zero-order chi connectivity index (χ0) is 15.5. The lowest BCUT2D eigenvalue weighted by Gasteiger charge is -2.16. The van der Waals surface area contributed by atoms with Gasteiger partial charge in [-0.25, -0.2) is 8.42 Å². The molecular weight excluding hydrogens is 326 g/mol. The van der Waals surface area contributed by atoms with Crippen LogP contribution in [0.5, 0.6) is 0 Å². The van der Waals surface area contributed by atoms with Gasteiger partial charge in [-0.3, -0.25) is 4.79 Å². The Kier molecular flexibility index (Phi) is 6.80. The zero-order valence-corrected chi connectivity index (χ0v) is 14.3. The van der Waals surface area contributed by atoms with E-state index < -0.39 is 10.0 Å². The molecule has 0 radical (unpaired) electrons. The molecular formula is C14H22ClN3O3S. The van der Waals surface area contributed by atoms with E-state index in [1.54, 1.807) is 7.05 Å². The fraction of sp³-hybridized carbons (Fsp3) is 0.500. The molecule has 1 saturated heterocycles. The van der Waals surface area contributed by atoms with E-state index in [-0.39, 0.29) is 23.2 Å². The van der Waals surface area contributed by atoms with E-state index in [0.29, 0.717) is 24.6 Å². The van der Waals surface area contributed by atoms with Gasteiger partial charge in [0.15, 0.2) is 0 Å². The summed E-state index contributed by atoms with van der Waals surface area (Å²) in [7, 11) is -0.0548. The molecule has 1 aliphatic heterocycles. The summed E-state index contributed by atoms with van der Waals surface area (Å²) in [5.41, 5.74) is 0.450. The monoisotopic (exact) mass is 347 g/mol. The molecule has 22 heavy (non-hydrogen) atoms. The molecule has 1 fully saturated rings. The fourth-order valence-corrected chi connectivity index (χ4v) is 4.07. The maximum absolute atomic E-state index is 12.5. The number of hydrogen-bond acceptors (Lipinski definition) is 4. The Bertz CT molecular complexity index is 604. The highest BCUT2D eigenvalue weighted by atomic mass is 35.5. The zero-order valence-electron chi connectivity index (χ0n) is 12.7. The summed E-state index contributed by atoms with van der Waals surface area (Å²) in [6.07, 6.45) is 0.871.